The molecule has 9 rings (SSSR count). The van der Waals surface area contributed by atoms with Crippen LogP contribution < -0.4 is 9.80 Å². The van der Waals surface area contributed by atoms with Gasteiger partial charge in [-0.1, -0.05) is 124 Å². The Kier molecular flexibility index (Phi) is 5.94. The highest BCUT2D eigenvalue weighted by atomic mass is 15.2. The molecule has 4 atom stereocenters. The van der Waals surface area contributed by atoms with E-state index in [2.05, 4.69) is 158 Å². The molecular weight excluding hydrogens is 544 g/mol. The largest absolute Gasteiger partial charge is 0.336 e. The standard InChI is InChI=1S/C43H40N2/c1-28-12-4-9-17-39(28)45-41-19-11-7-15-35(41)36-25-23-31-26-30(42(36)45)21-20-29-13-5-10-18-40(29)44(31)32-22-24-34-33-14-6-8-16-37(33)43(2,3)38(34)27-32/h4-9,11,13-17,19-28,31,36,42H,10,12,18H2,1-3H3/b21-20-. The molecule has 0 radical (unpaired) electrons. The van der Waals surface area contributed by atoms with Crippen molar-refractivity contribution in [3.05, 3.63) is 167 Å². The third-order valence-corrected chi connectivity index (χ3v) is 11.1. The fourth-order valence-electron chi connectivity index (χ4n) is 8.90. The molecule has 0 amide bonds. The number of hydrogen-bond donors (Lipinski definition) is 0. The van der Waals surface area contributed by atoms with Crippen LogP contribution in [0.1, 0.15) is 62.6 Å². The summed E-state index contributed by atoms with van der Waals surface area (Å²) in [5.41, 5.74) is 15.2. The first-order valence-corrected chi connectivity index (χ1v) is 16.8. The van der Waals surface area contributed by atoms with Crippen molar-refractivity contribution >= 4 is 11.4 Å². The normalized spacial score (nSPS) is 27.4. The number of nitrogens with zero attached hydrogens (tertiary/aromatic N) is 2. The zero-order chi connectivity index (χ0) is 30.3. The molecule has 45 heavy (non-hydrogen) atoms. The van der Waals surface area contributed by atoms with Crippen molar-refractivity contribution in [1.29, 1.82) is 0 Å². The Morgan fingerprint density at radius 2 is 1.64 bits per heavy atom. The van der Waals surface area contributed by atoms with E-state index in [0.29, 0.717) is 11.8 Å². The smallest absolute Gasteiger partial charge is 0.0710 e. The average Bonchev–Trinajstić information content (AvgIpc) is 3.40. The van der Waals surface area contributed by atoms with Crippen LogP contribution in [0, 0.1) is 5.92 Å². The lowest BCUT2D eigenvalue weighted by molar-refractivity contribution is 0.607. The lowest BCUT2D eigenvalue weighted by Gasteiger charge is -2.38. The second kappa shape index (κ2) is 9.97. The van der Waals surface area contributed by atoms with Crippen molar-refractivity contribution < 1.29 is 0 Å². The predicted octanol–water partition coefficient (Wildman–Crippen LogP) is 10.3. The third-order valence-electron chi connectivity index (χ3n) is 11.1. The van der Waals surface area contributed by atoms with E-state index in [-0.39, 0.29) is 17.5 Å². The van der Waals surface area contributed by atoms with Crippen LogP contribution in [0.5, 0.6) is 0 Å². The highest BCUT2D eigenvalue weighted by molar-refractivity contribution is 5.83. The third kappa shape index (κ3) is 3.94. The fraction of sp³-hybridized carbons (Fsp3) is 0.256. The maximum atomic E-state index is 2.67. The molecule has 2 bridgehead atoms. The van der Waals surface area contributed by atoms with Crippen molar-refractivity contribution in [2.45, 2.75) is 63.5 Å². The molecule has 0 aromatic heterocycles. The number of rotatable bonds is 2. The quantitative estimate of drug-likeness (QED) is 0.277. The number of fused-ring (bicyclic) bond motifs is 8. The van der Waals surface area contributed by atoms with Crippen LogP contribution in [0.4, 0.5) is 11.4 Å². The summed E-state index contributed by atoms with van der Waals surface area (Å²) in [6, 6.07) is 25.7. The molecule has 2 heteroatoms. The fourth-order valence-corrected chi connectivity index (χ4v) is 8.90. The van der Waals surface area contributed by atoms with Gasteiger partial charge in [0.15, 0.2) is 0 Å². The van der Waals surface area contributed by atoms with Crippen LogP contribution in [0.2, 0.25) is 0 Å². The minimum absolute atomic E-state index is 0.0331. The molecule has 0 N–H and O–H groups in total. The van der Waals surface area contributed by atoms with E-state index in [1.165, 1.54) is 61.7 Å². The summed E-state index contributed by atoms with van der Waals surface area (Å²) in [6.07, 6.45) is 27.2. The van der Waals surface area contributed by atoms with Gasteiger partial charge in [0.05, 0.1) is 12.1 Å². The Balaban J connectivity index is 1.22. The number of allylic oxidation sites excluding steroid dienone is 9. The van der Waals surface area contributed by atoms with Gasteiger partial charge in [0.2, 0.25) is 0 Å². The molecule has 2 nitrogen and oxygen atoms in total. The van der Waals surface area contributed by atoms with Crippen molar-refractivity contribution in [1.82, 2.24) is 0 Å². The van der Waals surface area contributed by atoms with E-state index < -0.39 is 0 Å². The van der Waals surface area contributed by atoms with E-state index in [1.807, 2.05) is 0 Å². The molecule has 0 spiro atoms. The lowest BCUT2D eigenvalue weighted by atomic mass is 9.82. The summed E-state index contributed by atoms with van der Waals surface area (Å²) >= 11 is 0. The maximum absolute atomic E-state index is 2.67. The molecule has 2 aliphatic heterocycles. The number of para-hydroxylation sites is 1. The van der Waals surface area contributed by atoms with Gasteiger partial charge in [-0.25, -0.2) is 0 Å². The van der Waals surface area contributed by atoms with Gasteiger partial charge >= 0.3 is 0 Å². The summed E-state index contributed by atoms with van der Waals surface area (Å²) in [5.74, 6) is 0.774. The number of anilines is 2. The molecule has 4 unspecified atom stereocenters. The van der Waals surface area contributed by atoms with Crippen molar-refractivity contribution in [3.63, 3.8) is 0 Å². The first kappa shape index (κ1) is 26.8. The summed E-state index contributed by atoms with van der Waals surface area (Å²) in [4.78, 5) is 5.32. The first-order valence-electron chi connectivity index (χ1n) is 16.8. The van der Waals surface area contributed by atoms with E-state index in [9.17, 15) is 0 Å². The van der Waals surface area contributed by atoms with E-state index in [1.54, 1.807) is 0 Å². The van der Waals surface area contributed by atoms with Gasteiger partial charge in [0.25, 0.3) is 0 Å². The van der Waals surface area contributed by atoms with Crippen molar-refractivity contribution in [2.24, 2.45) is 5.92 Å². The molecule has 3 aromatic rings. The Morgan fingerprint density at radius 1 is 0.800 bits per heavy atom. The van der Waals surface area contributed by atoms with Crippen LogP contribution in [0.15, 0.2) is 150 Å². The van der Waals surface area contributed by atoms with Crippen LogP contribution in [0.3, 0.4) is 0 Å². The minimum atomic E-state index is -0.0331. The summed E-state index contributed by atoms with van der Waals surface area (Å²) in [6.45, 7) is 7.15. The van der Waals surface area contributed by atoms with E-state index >= 15 is 0 Å². The van der Waals surface area contributed by atoms with Crippen LogP contribution in [-0.4, -0.2) is 12.1 Å². The van der Waals surface area contributed by atoms with Gasteiger partial charge in [-0.2, -0.15) is 0 Å². The molecule has 3 aromatic carbocycles. The second-order valence-electron chi connectivity index (χ2n) is 14.0. The molecule has 0 saturated heterocycles. The average molecular weight is 585 g/mol. The Morgan fingerprint density at radius 3 is 2.56 bits per heavy atom. The van der Waals surface area contributed by atoms with Crippen LogP contribution >= 0.6 is 0 Å². The minimum Gasteiger partial charge on any atom is -0.336 e. The predicted molar refractivity (Wildman–Crippen MR) is 188 cm³/mol. The highest BCUT2D eigenvalue weighted by Crippen LogP contribution is 2.52. The van der Waals surface area contributed by atoms with Gasteiger partial charge in [0, 0.05) is 34.1 Å². The lowest BCUT2D eigenvalue weighted by Crippen LogP contribution is -2.38. The second-order valence-corrected chi connectivity index (χ2v) is 14.0. The van der Waals surface area contributed by atoms with Gasteiger partial charge < -0.3 is 9.80 Å². The molecule has 0 saturated carbocycles. The molecule has 0 fully saturated rings. The van der Waals surface area contributed by atoms with Crippen LogP contribution in [-0.2, 0) is 5.41 Å². The molecular formula is C43H40N2. The Labute approximate surface area is 267 Å². The van der Waals surface area contributed by atoms with Gasteiger partial charge in [-0.05, 0) is 88.4 Å². The van der Waals surface area contributed by atoms with E-state index in [4.69, 9.17) is 0 Å². The zero-order valence-electron chi connectivity index (χ0n) is 26.4. The van der Waals surface area contributed by atoms with Gasteiger partial charge in [0.1, 0.15) is 0 Å². The zero-order valence-corrected chi connectivity index (χ0v) is 26.4. The topological polar surface area (TPSA) is 6.48 Å². The SMILES string of the molecule is CC1CC=CC=C1N1c2ccccc2C2C=CC3C=C(/C=C\C4=C(CCC=C4)N3c3ccc4c(c3)C(C)(C)c3ccccc3-4)C21. The van der Waals surface area contributed by atoms with E-state index in [0.717, 1.165) is 19.3 Å². The maximum Gasteiger partial charge on any atom is 0.0710 e. The monoisotopic (exact) mass is 584 g/mol. The molecule has 2 heterocycles. The van der Waals surface area contributed by atoms with Gasteiger partial charge in [-0.15, -0.1) is 0 Å². The summed E-state index contributed by atoms with van der Waals surface area (Å²) < 4.78 is 0. The summed E-state index contributed by atoms with van der Waals surface area (Å²) in [7, 11) is 0. The first-order chi connectivity index (χ1) is 22.0. The van der Waals surface area contributed by atoms with Gasteiger partial charge in [-0.3, -0.25) is 0 Å². The highest BCUT2D eigenvalue weighted by Gasteiger charge is 2.43. The Hall–Kier alpha value is -4.56. The summed E-state index contributed by atoms with van der Waals surface area (Å²) in [5, 5.41) is 0. The van der Waals surface area contributed by atoms with Crippen molar-refractivity contribution in [3.8, 4) is 11.1 Å². The van der Waals surface area contributed by atoms with Crippen LogP contribution in [0.25, 0.3) is 11.1 Å². The number of hydrogen-bond acceptors (Lipinski definition) is 2. The number of benzene rings is 3. The molecule has 6 aliphatic rings. The molecule has 222 valence electrons. The van der Waals surface area contributed by atoms with Crippen molar-refractivity contribution in [2.75, 3.05) is 9.80 Å². The molecule has 4 aliphatic carbocycles. The Bertz CT molecular complexity index is 1960.